The average molecular weight is 479 g/mol. The number of rotatable bonds is 13. The van der Waals surface area contributed by atoms with E-state index in [-0.39, 0.29) is 18.6 Å². The molecule has 2 aliphatic rings. The first-order valence-electron chi connectivity index (χ1n) is 12.6. The van der Waals surface area contributed by atoms with E-state index in [2.05, 4.69) is 27.7 Å². The van der Waals surface area contributed by atoms with Gasteiger partial charge >= 0.3 is 10.4 Å². The Morgan fingerprint density at radius 3 is 2.00 bits per heavy atom. The summed E-state index contributed by atoms with van der Waals surface area (Å²) < 4.78 is 48.7. The van der Waals surface area contributed by atoms with Crippen LogP contribution in [0.4, 0.5) is 0 Å². The standard InChI is InChI=1S/C23H46O6SSi/c1-6-31(7-2,8-3)29-23(26-5,21-12-10-9-11-13-21)18-19-27-30(24,25)28-22-16-14-20(4)15-17-22/h20-22H,6-19H2,1-5H3. The Kier molecular flexibility index (Phi) is 11.0. The molecule has 2 fully saturated rings. The molecular formula is C23H46O6SSi. The second-order valence-electron chi connectivity index (χ2n) is 9.65. The Morgan fingerprint density at radius 2 is 1.48 bits per heavy atom. The molecule has 184 valence electrons. The van der Waals surface area contributed by atoms with Gasteiger partial charge in [-0.1, -0.05) is 47.0 Å². The van der Waals surface area contributed by atoms with Crippen LogP contribution in [0.25, 0.3) is 0 Å². The van der Waals surface area contributed by atoms with Crippen molar-refractivity contribution < 1.29 is 25.9 Å². The van der Waals surface area contributed by atoms with Gasteiger partial charge in [0, 0.05) is 19.4 Å². The van der Waals surface area contributed by atoms with Crippen molar-refractivity contribution in [2.24, 2.45) is 11.8 Å². The zero-order chi connectivity index (χ0) is 23.0. The molecule has 0 saturated heterocycles. The largest absolute Gasteiger partial charge is 0.400 e. The van der Waals surface area contributed by atoms with E-state index in [9.17, 15) is 8.42 Å². The highest BCUT2D eigenvalue weighted by atomic mass is 32.3. The minimum absolute atomic E-state index is 0.0252. The van der Waals surface area contributed by atoms with Crippen molar-refractivity contribution in [3.8, 4) is 0 Å². The van der Waals surface area contributed by atoms with Crippen molar-refractivity contribution in [1.29, 1.82) is 0 Å². The topological polar surface area (TPSA) is 71.1 Å². The Hall–Kier alpha value is 0.00688. The van der Waals surface area contributed by atoms with Gasteiger partial charge in [-0.2, -0.15) is 8.42 Å². The third-order valence-electron chi connectivity index (χ3n) is 7.79. The van der Waals surface area contributed by atoms with Gasteiger partial charge in [-0.25, -0.2) is 8.37 Å². The maximum atomic E-state index is 12.5. The quantitative estimate of drug-likeness (QED) is 0.232. The maximum Gasteiger partial charge on any atom is 0.400 e. The molecule has 0 aromatic carbocycles. The molecule has 0 amide bonds. The Bertz CT molecular complexity index is 601. The number of ether oxygens (including phenoxy) is 1. The molecular weight excluding hydrogens is 432 g/mol. The van der Waals surface area contributed by atoms with Crippen LogP contribution >= 0.6 is 0 Å². The van der Waals surface area contributed by atoms with Crippen molar-refractivity contribution in [3.05, 3.63) is 0 Å². The fourth-order valence-electron chi connectivity index (χ4n) is 5.33. The molecule has 1 unspecified atom stereocenters. The van der Waals surface area contributed by atoms with Crippen LogP contribution in [-0.4, -0.2) is 42.3 Å². The van der Waals surface area contributed by atoms with Crippen LogP contribution in [0.5, 0.6) is 0 Å². The van der Waals surface area contributed by atoms with Gasteiger partial charge in [-0.05, 0) is 62.6 Å². The van der Waals surface area contributed by atoms with E-state index in [0.29, 0.717) is 12.3 Å². The summed E-state index contributed by atoms with van der Waals surface area (Å²) in [6.07, 6.45) is 9.38. The van der Waals surface area contributed by atoms with Crippen LogP contribution in [0.2, 0.25) is 18.1 Å². The maximum absolute atomic E-state index is 12.5. The predicted molar refractivity (Wildman–Crippen MR) is 127 cm³/mol. The molecule has 2 saturated carbocycles. The van der Waals surface area contributed by atoms with Crippen molar-refractivity contribution in [3.63, 3.8) is 0 Å². The molecule has 0 spiro atoms. The minimum Gasteiger partial charge on any atom is -0.390 e. The van der Waals surface area contributed by atoms with E-state index in [0.717, 1.165) is 56.7 Å². The van der Waals surface area contributed by atoms with E-state index >= 15 is 0 Å². The normalized spacial score (nSPS) is 26.0. The summed E-state index contributed by atoms with van der Waals surface area (Å²) >= 11 is 0. The molecule has 0 radical (unpaired) electrons. The van der Waals surface area contributed by atoms with Gasteiger partial charge in [0.05, 0.1) is 12.7 Å². The van der Waals surface area contributed by atoms with E-state index in [4.69, 9.17) is 17.5 Å². The molecule has 0 N–H and O–H groups in total. The van der Waals surface area contributed by atoms with Gasteiger partial charge in [0.1, 0.15) is 0 Å². The summed E-state index contributed by atoms with van der Waals surface area (Å²) in [4.78, 5) is 0. The Morgan fingerprint density at radius 1 is 0.903 bits per heavy atom. The molecule has 31 heavy (non-hydrogen) atoms. The zero-order valence-electron chi connectivity index (χ0n) is 20.5. The van der Waals surface area contributed by atoms with Crippen LogP contribution in [0.3, 0.4) is 0 Å². The summed E-state index contributed by atoms with van der Waals surface area (Å²) in [5.74, 6) is 0.137. The molecule has 0 bridgehead atoms. The first-order chi connectivity index (χ1) is 14.7. The van der Waals surface area contributed by atoms with Gasteiger partial charge in [-0.3, -0.25) is 0 Å². The van der Waals surface area contributed by atoms with Crippen molar-refractivity contribution in [2.45, 2.75) is 122 Å². The van der Waals surface area contributed by atoms with Gasteiger partial charge in [0.15, 0.2) is 14.1 Å². The lowest BCUT2D eigenvalue weighted by Gasteiger charge is -2.47. The number of hydrogen-bond acceptors (Lipinski definition) is 6. The van der Waals surface area contributed by atoms with Gasteiger partial charge < -0.3 is 9.16 Å². The summed E-state index contributed by atoms with van der Waals surface area (Å²) in [6, 6.07) is 3.08. The lowest BCUT2D eigenvalue weighted by molar-refractivity contribution is -0.221. The molecule has 1 atom stereocenters. The van der Waals surface area contributed by atoms with Crippen LogP contribution in [-0.2, 0) is 27.9 Å². The number of methoxy groups -OCH3 is 1. The van der Waals surface area contributed by atoms with Crippen LogP contribution in [0.1, 0.15) is 91.9 Å². The summed E-state index contributed by atoms with van der Waals surface area (Å²) in [7, 11) is -4.27. The van der Waals surface area contributed by atoms with E-state index in [1.54, 1.807) is 7.11 Å². The number of hydrogen-bond donors (Lipinski definition) is 0. The average Bonchev–Trinajstić information content (AvgIpc) is 2.78. The van der Waals surface area contributed by atoms with Gasteiger partial charge in [0.2, 0.25) is 0 Å². The van der Waals surface area contributed by atoms with Gasteiger partial charge in [-0.15, -0.1) is 0 Å². The van der Waals surface area contributed by atoms with Gasteiger partial charge in [0.25, 0.3) is 0 Å². The SMILES string of the molecule is CC[Si](CC)(CC)OC(CCOS(=O)(=O)OC1CCC(C)CC1)(OC)C1CCCCC1. The molecule has 0 aliphatic heterocycles. The highest BCUT2D eigenvalue weighted by molar-refractivity contribution is 7.81. The summed E-state index contributed by atoms with van der Waals surface area (Å²) in [5, 5.41) is 0. The lowest BCUT2D eigenvalue weighted by atomic mass is 9.82. The Labute approximate surface area is 192 Å². The van der Waals surface area contributed by atoms with E-state index in [1.807, 2.05) is 0 Å². The Balaban J connectivity index is 2.06. The second-order valence-corrected chi connectivity index (χ2v) is 15.6. The first kappa shape index (κ1) is 27.3. The second kappa shape index (κ2) is 12.5. The fraction of sp³-hybridized carbons (Fsp3) is 1.00. The molecule has 8 heteroatoms. The van der Waals surface area contributed by atoms with Crippen molar-refractivity contribution >= 4 is 18.7 Å². The van der Waals surface area contributed by atoms with E-state index < -0.39 is 24.5 Å². The summed E-state index contributed by atoms with van der Waals surface area (Å²) in [5.41, 5.74) is 0. The van der Waals surface area contributed by atoms with E-state index in [1.165, 1.54) is 19.3 Å². The molecule has 0 aromatic rings. The van der Waals surface area contributed by atoms with Crippen LogP contribution in [0, 0.1) is 11.8 Å². The van der Waals surface area contributed by atoms with Crippen molar-refractivity contribution in [1.82, 2.24) is 0 Å². The highest BCUT2D eigenvalue weighted by Gasteiger charge is 2.46. The monoisotopic (exact) mass is 478 g/mol. The third-order valence-corrected chi connectivity index (χ3v) is 13.4. The fourth-order valence-corrected chi connectivity index (χ4v) is 9.22. The zero-order valence-corrected chi connectivity index (χ0v) is 22.3. The molecule has 2 rings (SSSR count). The first-order valence-corrected chi connectivity index (χ1v) is 16.4. The molecule has 6 nitrogen and oxygen atoms in total. The smallest absolute Gasteiger partial charge is 0.390 e. The summed E-state index contributed by atoms with van der Waals surface area (Å²) in [6.45, 7) is 8.85. The minimum atomic E-state index is -4.02. The lowest BCUT2D eigenvalue weighted by Crippen LogP contribution is -2.53. The molecule has 2 aliphatic carbocycles. The highest BCUT2D eigenvalue weighted by Crippen LogP contribution is 2.42. The van der Waals surface area contributed by atoms with Crippen molar-refractivity contribution in [2.75, 3.05) is 13.7 Å². The molecule has 0 aromatic heterocycles. The van der Waals surface area contributed by atoms with Crippen LogP contribution < -0.4 is 0 Å². The predicted octanol–water partition coefficient (Wildman–Crippen LogP) is 6.18. The van der Waals surface area contributed by atoms with Crippen LogP contribution in [0.15, 0.2) is 0 Å². The molecule has 0 heterocycles. The third kappa shape index (κ3) is 7.78.